The third kappa shape index (κ3) is 6.51. The van der Waals surface area contributed by atoms with Crippen molar-refractivity contribution in [2.75, 3.05) is 37.7 Å². The van der Waals surface area contributed by atoms with E-state index >= 15 is 0 Å². The number of pyridine rings is 1. The Morgan fingerprint density at radius 1 is 1.02 bits per heavy atom. The van der Waals surface area contributed by atoms with Gasteiger partial charge in [-0.05, 0) is 92.6 Å². The summed E-state index contributed by atoms with van der Waals surface area (Å²) >= 11 is 7.54. The summed E-state index contributed by atoms with van der Waals surface area (Å²) in [7, 11) is 0. The number of anilines is 1. The lowest BCUT2D eigenvalue weighted by Crippen LogP contribution is -2.37. The van der Waals surface area contributed by atoms with Gasteiger partial charge in [0.05, 0.1) is 35.9 Å². The molecule has 2 saturated heterocycles. The second kappa shape index (κ2) is 13.5. The molecule has 11 heteroatoms. The van der Waals surface area contributed by atoms with E-state index in [-0.39, 0.29) is 22.7 Å². The number of rotatable bonds is 10. The highest BCUT2D eigenvalue weighted by Crippen LogP contribution is 2.44. The molecule has 1 N–H and O–H groups in total. The van der Waals surface area contributed by atoms with Crippen LogP contribution in [-0.4, -0.2) is 57.3 Å². The van der Waals surface area contributed by atoms with Crippen molar-refractivity contribution in [2.24, 2.45) is 0 Å². The number of ether oxygens (including phenoxy) is 1. The van der Waals surface area contributed by atoms with Crippen LogP contribution in [-0.2, 0) is 11.3 Å². The van der Waals surface area contributed by atoms with E-state index in [1.165, 1.54) is 29.1 Å². The summed E-state index contributed by atoms with van der Waals surface area (Å²) in [6, 6.07) is 23.1. The third-order valence-electron chi connectivity index (χ3n) is 8.39. The van der Waals surface area contributed by atoms with Crippen molar-refractivity contribution in [2.45, 2.75) is 48.7 Å². The maximum Gasteiger partial charge on any atom is 0.269 e. The zero-order chi connectivity index (χ0) is 30.6. The molecule has 6 rings (SSSR count). The first-order valence-corrected chi connectivity index (χ1v) is 16.1. The number of morpholine rings is 1. The van der Waals surface area contributed by atoms with Gasteiger partial charge in [-0.25, -0.2) is 0 Å². The van der Waals surface area contributed by atoms with Gasteiger partial charge in [-0.2, -0.15) is 0 Å². The molecule has 2 atom stereocenters. The van der Waals surface area contributed by atoms with E-state index in [9.17, 15) is 10.1 Å². The standard InChI is InChI=1S/C33H36N6O3S2/c1-23-22-29(24(2)37(23)17-5-16-36-18-20-42-21-19-36)32-31(30-6-3-4-15-34-30)35-33(43)38(32)25-7-11-27(12-8-25)44-28-13-9-26(10-14-28)39(40)41/h3-4,6-15,22,31-32H,5,16-21H2,1-2H3,(H,35,43). The zero-order valence-electron chi connectivity index (χ0n) is 24.9. The molecule has 4 aromatic rings. The monoisotopic (exact) mass is 628 g/mol. The minimum Gasteiger partial charge on any atom is -0.379 e. The Kier molecular flexibility index (Phi) is 9.27. The summed E-state index contributed by atoms with van der Waals surface area (Å²) in [5, 5.41) is 15.3. The summed E-state index contributed by atoms with van der Waals surface area (Å²) in [6.45, 7) is 10.1. The van der Waals surface area contributed by atoms with Crippen molar-refractivity contribution in [3.8, 4) is 0 Å². The van der Waals surface area contributed by atoms with Crippen LogP contribution in [0.1, 0.15) is 41.1 Å². The number of nitrogens with one attached hydrogen (secondary N) is 1. The number of thiocarbonyl (C=S) groups is 1. The fourth-order valence-corrected chi connectivity index (χ4v) is 7.31. The highest BCUT2D eigenvalue weighted by molar-refractivity contribution is 7.99. The number of nitrogens with zero attached hydrogens (tertiary/aromatic N) is 5. The van der Waals surface area contributed by atoms with Crippen LogP contribution in [0, 0.1) is 24.0 Å². The van der Waals surface area contributed by atoms with Gasteiger partial charge in [0.15, 0.2) is 5.11 Å². The van der Waals surface area contributed by atoms with Crippen molar-refractivity contribution in [1.29, 1.82) is 0 Å². The predicted molar refractivity (Wildman–Crippen MR) is 177 cm³/mol. The number of benzene rings is 2. The minimum absolute atomic E-state index is 0.0789. The SMILES string of the molecule is Cc1cc(C2C(c3ccccn3)NC(=S)N2c2ccc(Sc3ccc([N+](=O)[O-])cc3)cc2)c(C)n1CCCN1CCOCC1. The van der Waals surface area contributed by atoms with Gasteiger partial charge in [0.2, 0.25) is 0 Å². The largest absolute Gasteiger partial charge is 0.379 e. The Hall–Kier alpha value is -3.77. The zero-order valence-corrected chi connectivity index (χ0v) is 26.5. The van der Waals surface area contributed by atoms with Crippen LogP contribution in [0.15, 0.2) is 88.8 Å². The van der Waals surface area contributed by atoms with E-state index in [1.54, 1.807) is 23.9 Å². The first-order valence-electron chi connectivity index (χ1n) is 14.9. The Bertz CT molecular complexity index is 1610. The highest BCUT2D eigenvalue weighted by Gasteiger charge is 2.42. The predicted octanol–water partition coefficient (Wildman–Crippen LogP) is 6.46. The van der Waals surface area contributed by atoms with E-state index in [2.05, 4.69) is 69.9 Å². The van der Waals surface area contributed by atoms with Crippen LogP contribution >= 0.6 is 24.0 Å². The second-order valence-corrected chi connectivity index (χ2v) is 12.7. The molecule has 0 bridgehead atoms. The number of nitro benzene ring substituents is 1. The molecule has 0 saturated carbocycles. The smallest absolute Gasteiger partial charge is 0.269 e. The van der Waals surface area contributed by atoms with Crippen molar-refractivity contribution in [3.05, 3.63) is 112 Å². The van der Waals surface area contributed by atoms with Gasteiger partial charge >= 0.3 is 0 Å². The first kappa shape index (κ1) is 30.3. The quantitative estimate of drug-likeness (QED) is 0.121. The molecule has 2 aromatic carbocycles. The molecule has 0 amide bonds. The van der Waals surface area contributed by atoms with E-state index in [1.807, 2.05) is 18.3 Å². The van der Waals surface area contributed by atoms with E-state index in [4.69, 9.17) is 21.9 Å². The molecule has 2 unspecified atom stereocenters. The van der Waals surface area contributed by atoms with Gasteiger partial charge in [-0.3, -0.25) is 20.0 Å². The highest BCUT2D eigenvalue weighted by atomic mass is 32.2. The summed E-state index contributed by atoms with van der Waals surface area (Å²) in [4.78, 5) is 22.0. The van der Waals surface area contributed by atoms with Crippen LogP contribution in [0.5, 0.6) is 0 Å². The molecule has 2 aromatic heterocycles. The average molecular weight is 629 g/mol. The van der Waals surface area contributed by atoms with Gasteiger partial charge in [0, 0.05) is 71.4 Å². The number of nitro groups is 1. The fourth-order valence-electron chi connectivity index (χ4n) is 6.14. The number of non-ortho nitro benzene ring substituents is 1. The van der Waals surface area contributed by atoms with E-state index < -0.39 is 0 Å². The average Bonchev–Trinajstić information content (AvgIpc) is 3.53. The van der Waals surface area contributed by atoms with Crippen LogP contribution < -0.4 is 10.2 Å². The molecule has 0 spiro atoms. The summed E-state index contributed by atoms with van der Waals surface area (Å²) in [5.41, 5.74) is 5.76. The minimum atomic E-state index is -0.381. The second-order valence-electron chi connectivity index (χ2n) is 11.1. The van der Waals surface area contributed by atoms with Crippen LogP contribution in [0.25, 0.3) is 0 Å². The number of hydrogen-bond donors (Lipinski definition) is 1. The fraction of sp³-hybridized carbons (Fsp3) is 0.333. The molecular formula is C33H36N6O3S2. The first-order chi connectivity index (χ1) is 21.4. The lowest BCUT2D eigenvalue weighted by Gasteiger charge is -2.28. The van der Waals surface area contributed by atoms with Gasteiger partial charge in [-0.1, -0.05) is 17.8 Å². The molecule has 228 valence electrons. The molecule has 2 fully saturated rings. The van der Waals surface area contributed by atoms with E-state index in [0.717, 1.165) is 67.0 Å². The number of aromatic nitrogens is 2. The van der Waals surface area contributed by atoms with Crippen LogP contribution in [0.4, 0.5) is 11.4 Å². The summed E-state index contributed by atoms with van der Waals surface area (Å²) in [5.74, 6) is 0. The van der Waals surface area contributed by atoms with Gasteiger partial charge in [0.1, 0.15) is 0 Å². The van der Waals surface area contributed by atoms with Crippen molar-refractivity contribution in [1.82, 2.24) is 19.8 Å². The van der Waals surface area contributed by atoms with Crippen molar-refractivity contribution in [3.63, 3.8) is 0 Å². The lowest BCUT2D eigenvalue weighted by molar-refractivity contribution is -0.384. The van der Waals surface area contributed by atoms with Gasteiger partial charge in [0.25, 0.3) is 5.69 Å². The third-order valence-corrected chi connectivity index (χ3v) is 9.72. The molecule has 2 aliphatic heterocycles. The molecule has 0 radical (unpaired) electrons. The van der Waals surface area contributed by atoms with Gasteiger partial charge in [-0.15, -0.1) is 0 Å². The molecule has 44 heavy (non-hydrogen) atoms. The maximum atomic E-state index is 11.0. The summed E-state index contributed by atoms with van der Waals surface area (Å²) < 4.78 is 7.95. The Labute approximate surface area is 267 Å². The summed E-state index contributed by atoms with van der Waals surface area (Å²) in [6.07, 6.45) is 2.91. The molecule has 4 heterocycles. The number of hydrogen-bond acceptors (Lipinski definition) is 7. The maximum absolute atomic E-state index is 11.0. The molecule has 9 nitrogen and oxygen atoms in total. The topological polar surface area (TPSA) is 88.7 Å². The normalized spacial score (nSPS) is 18.9. The molecule has 2 aliphatic rings. The Balaban J connectivity index is 1.26. The lowest BCUT2D eigenvalue weighted by atomic mass is 9.96. The van der Waals surface area contributed by atoms with E-state index in [0.29, 0.717) is 5.11 Å². The Morgan fingerprint density at radius 2 is 1.73 bits per heavy atom. The van der Waals surface area contributed by atoms with Crippen LogP contribution in [0.2, 0.25) is 0 Å². The molecular weight excluding hydrogens is 593 g/mol. The van der Waals surface area contributed by atoms with Crippen LogP contribution in [0.3, 0.4) is 0 Å². The number of aryl methyl sites for hydroxylation is 1. The molecule has 0 aliphatic carbocycles. The Morgan fingerprint density at radius 3 is 2.39 bits per heavy atom. The van der Waals surface area contributed by atoms with Crippen molar-refractivity contribution >= 4 is 40.5 Å². The van der Waals surface area contributed by atoms with Gasteiger partial charge < -0.3 is 19.5 Å². The van der Waals surface area contributed by atoms with Crippen molar-refractivity contribution < 1.29 is 9.66 Å².